The van der Waals surface area contributed by atoms with Crippen molar-refractivity contribution in [2.24, 2.45) is 5.92 Å². The lowest BCUT2D eigenvalue weighted by Crippen LogP contribution is -2.45. The van der Waals surface area contributed by atoms with Crippen molar-refractivity contribution in [3.05, 3.63) is 34.9 Å². The van der Waals surface area contributed by atoms with E-state index < -0.39 is 5.97 Å². The van der Waals surface area contributed by atoms with Crippen LogP contribution in [-0.2, 0) is 6.42 Å². The summed E-state index contributed by atoms with van der Waals surface area (Å²) in [6.45, 7) is 6.15. The normalized spacial score (nSPS) is 24.5. The molecule has 1 aromatic rings. The lowest BCUT2D eigenvalue weighted by molar-refractivity contribution is 0.0114. The smallest absolute Gasteiger partial charge is 0.339 e. The van der Waals surface area contributed by atoms with Crippen LogP contribution in [0.25, 0.3) is 0 Å². The molecule has 0 amide bonds. The zero-order valence-electron chi connectivity index (χ0n) is 13.9. The molecule has 0 saturated heterocycles. The van der Waals surface area contributed by atoms with Crippen LogP contribution >= 0.6 is 0 Å². The highest BCUT2D eigenvalue weighted by atomic mass is 16.5. The maximum Gasteiger partial charge on any atom is 0.339 e. The largest absolute Gasteiger partial charge is 0.507 e. The van der Waals surface area contributed by atoms with Crippen molar-refractivity contribution in [2.75, 3.05) is 0 Å². The number of allylic oxidation sites excluding steroid dienone is 2. The zero-order valence-corrected chi connectivity index (χ0v) is 13.9. The van der Waals surface area contributed by atoms with Gasteiger partial charge in [0.05, 0.1) is 0 Å². The summed E-state index contributed by atoms with van der Waals surface area (Å²) in [4.78, 5) is 11.7. The number of rotatable bonds is 3. The molecule has 0 bridgehead atoms. The van der Waals surface area contributed by atoms with Gasteiger partial charge in [0.2, 0.25) is 0 Å². The molecule has 0 fully saturated rings. The highest BCUT2D eigenvalue weighted by Crippen LogP contribution is 2.53. The van der Waals surface area contributed by atoms with Crippen molar-refractivity contribution in [1.29, 1.82) is 0 Å². The SMILES string of the molecule is CCCc1cc2c(c(O)c1C(=O)O)[C@@H]1C=CCC[C@H]1C(C)(C)O2. The second-order valence-corrected chi connectivity index (χ2v) is 7.07. The Balaban J connectivity index is 2.24. The van der Waals surface area contributed by atoms with Gasteiger partial charge in [0.15, 0.2) is 0 Å². The van der Waals surface area contributed by atoms with Crippen LogP contribution in [0.1, 0.15) is 67.4 Å². The topological polar surface area (TPSA) is 66.8 Å². The molecule has 3 rings (SSSR count). The molecule has 23 heavy (non-hydrogen) atoms. The fraction of sp³-hybridized carbons (Fsp3) is 0.526. The first-order chi connectivity index (χ1) is 10.9. The minimum atomic E-state index is -1.07. The van der Waals surface area contributed by atoms with E-state index in [1.165, 1.54) is 0 Å². The molecular weight excluding hydrogens is 292 g/mol. The molecular formula is C19H24O4. The quantitative estimate of drug-likeness (QED) is 0.818. The molecule has 0 aromatic heterocycles. The van der Waals surface area contributed by atoms with Crippen LogP contribution in [0.3, 0.4) is 0 Å². The summed E-state index contributed by atoms with van der Waals surface area (Å²) in [6.07, 6.45) is 7.61. The predicted octanol–water partition coefficient (Wildman–Crippen LogP) is 4.26. The van der Waals surface area contributed by atoms with E-state index in [1.54, 1.807) is 0 Å². The van der Waals surface area contributed by atoms with Crippen molar-refractivity contribution in [2.45, 2.75) is 58.0 Å². The summed E-state index contributed by atoms with van der Waals surface area (Å²) < 4.78 is 6.20. The van der Waals surface area contributed by atoms with Gasteiger partial charge in [0, 0.05) is 17.4 Å². The molecule has 4 heteroatoms. The number of hydrogen-bond donors (Lipinski definition) is 2. The fourth-order valence-corrected chi connectivity index (χ4v) is 4.09. The van der Waals surface area contributed by atoms with Crippen LogP contribution in [0.2, 0.25) is 0 Å². The number of hydrogen-bond acceptors (Lipinski definition) is 3. The van der Waals surface area contributed by atoms with Gasteiger partial charge in [-0.25, -0.2) is 4.79 Å². The van der Waals surface area contributed by atoms with Crippen LogP contribution < -0.4 is 4.74 Å². The minimum Gasteiger partial charge on any atom is -0.507 e. The minimum absolute atomic E-state index is 0.0104. The Labute approximate surface area is 136 Å². The van der Waals surface area contributed by atoms with E-state index in [1.807, 2.05) is 13.0 Å². The average Bonchev–Trinajstić information content (AvgIpc) is 2.46. The number of phenols is 1. The van der Waals surface area contributed by atoms with Crippen molar-refractivity contribution < 1.29 is 19.7 Å². The summed E-state index contributed by atoms with van der Waals surface area (Å²) in [5, 5.41) is 20.3. The molecule has 124 valence electrons. The van der Waals surface area contributed by atoms with E-state index in [0.717, 1.165) is 19.3 Å². The van der Waals surface area contributed by atoms with Crippen LogP contribution in [0.5, 0.6) is 11.5 Å². The predicted molar refractivity (Wildman–Crippen MR) is 88.4 cm³/mol. The molecule has 2 N–H and O–H groups in total. The van der Waals surface area contributed by atoms with Crippen LogP contribution in [-0.4, -0.2) is 21.8 Å². The Hall–Kier alpha value is -1.97. The van der Waals surface area contributed by atoms with Gasteiger partial charge >= 0.3 is 5.97 Å². The lowest BCUT2D eigenvalue weighted by atomic mass is 9.69. The Morgan fingerprint density at radius 3 is 2.83 bits per heavy atom. The summed E-state index contributed by atoms with van der Waals surface area (Å²) in [7, 11) is 0. The Bertz CT molecular complexity index is 672. The second kappa shape index (κ2) is 5.59. The van der Waals surface area contributed by atoms with Gasteiger partial charge in [-0.15, -0.1) is 0 Å². The molecule has 2 atom stereocenters. The summed E-state index contributed by atoms with van der Waals surface area (Å²) >= 11 is 0. The Kier molecular flexibility index (Phi) is 3.86. The fourth-order valence-electron chi connectivity index (χ4n) is 4.09. The monoisotopic (exact) mass is 316 g/mol. The third kappa shape index (κ3) is 2.50. The van der Waals surface area contributed by atoms with E-state index in [9.17, 15) is 15.0 Å². The zero-order chi connectivity index (χ0) is 16.8. The molecule has 1 aliphatic carbocycles. The van der Waals surface area contributed by atoms with Gasteiger partial charge in [-0.3, -0.25) is 0 Å². The van der Waals surface area contributed by atoms with Crippen molar-refractivity contribution >= 4 is 5.97 Å². The number of ether oxygens (including phenoxy) is 1. The van der Waals surface area contributed by atoms with Crippen LogP contribution in [0.4, 0.5) is 0 Å². The van der Waals surface area contributed by atoms with E-state index in [4.69, 9.17) is 4.74 Å². The number of fused-ring (bicyclic) bond motifs is 3. The first-order valence-electron chi connectivity index (χ1n) is 8.34. The number of carboxylic acid groups (broad SMARTS) is 1. The maximum absolute atomic E-state index is 11.7. The Morgan fingerprint density at radius 1 is 1.43 bits per heavy atom. The van der Waals surface area contributed by atoms with Crippen LogP contribution in [0.15, 0.2) is 18.2 Å². The molecule has 2 aliphatic rings. The van der Waals surface area contributed by atoms with E-state index in [2.05, 4.69) is 26.0 Å². The van der Waals surface area contributed by atoms with Crippen LogP contribution in [0, 0.1) is 5.92 Å². The molecule has 0 radical (unpaired) electrons. The number of aryl methyl sites for hydroxylation is 1. The van der Waals surface area contributed by atoms with E-state index in [0.29, 0.717) is 23.3 Å². The number of carboxylic acids is 1. The lowest BCUT2D eigenvalue weighted by Gasteiger charge is -2.46. The number of aromatic carboxylic acids is 1. The number of aromatic hydroxyl groups is 1. The number of carbonyl (C=O) groups is 1. The standard InChI is InChI=1S/C19H24O4/c1-4-7-11-10-14-16(17(20)15(11)18(21)22)12-8-5-6-9-13(12)19(2,3)23-14/h5,8,10,12-13,20H,4,6-7,9H2,1-3H3,(H,21,22)/t12-,13-/m1/s1. The second-order valence-electron chi connectivity index (χ2n) is 7.07. The summed E-state index contributed by atoms with van der Waals surface area (Å²) in [6, 6.07) is 1.82. The van der Waals surface area contributed by atoms with E-state index >= 15 is 0 Å². The van der Waals surface area contributed by atoms with Gasteiger partial charge in [-0.1, -0.05) is 25.5 Å². The number of benzene rings is 1. The molecule has 0 saturated carbocycles. The van der Waals surface area contributed by atoms with Gasteiger partial charge < -0.3 is 14.9 Å². The molecule has 1 heterocycles. The molecule has 1 aromatic carbocycles. The van der Waals surface area contributed by atoms with Gasteiger partial charge in [0.25, 0.3) is 0 Å². The summed E-state index contributed by atoms with van der Waals surface area (Å²) in [5.74, 6) is -0.306. The third-order valence-electron chi connectivity index (χ3n) is 5.14. The van der Waals surface area contributed by atoms with E-state index in [-0.39, 0.29) is 28.7 Å². The molecule has 1 aliphatic heterocycles. The Morgan fingerprint density at radius 2 is 2.17 bits per heavy atom. The highest BCUT2D eigenvalue weighted by molar-refractivity contribution is 5.94. The van der Waals surface area contributed by atoms with Crippen molar-refractivity contribution in [3.63, 3.8) is 0 Å². The van der Waals surface area contributed by atoms with Gasteiger partial charge in [-0.05, 0) is 44.7 Å². The first kappa shape index (κ1) is 15.9. The van der Waals surface area contributed by atoms with Gasteiger partial charge in [0.1, 0.15) is 22.7 Å². The van der Waals surface area contributed by atoms with Gasteiger partial charge in [-0.2, -0.15) is 0 Å². The third-order valence-corrected chi connectivity index (χ3v) is 5.14. The average molecular weight is 316 g/mol. The van der Waals surface area contributed by atoms with Crippen molar-refractivity contribution in [1.82, 2.24) is 0 Å². The molecule has 4 nitrogen and oxygen atoms in total. The molecule has 0 spiro atoms. The highest BCUT2D eigenvalue weighted by Gasteiger charge is 2.45. The molecule has 0 unspecified atom stereocenters. The maximum atomic E-state index is 11.7. The van der Waals surface area contributed by atoms with Crippen molar-refractivity contribution in [3.8, 4) is 11.5 Å². The first-order valence-corrected chi connectivity index (χ1v) is 8.34. The summed E-state index contributed by atoms with van der Waals surface area (Å²) in [5.41, 5.74) is 0.989.